The fraction of sp³-hybridized carbons (Fsp3) is 0.0714. The highest BCUT2D eigenvalue weighted by atomic mass is 79.9. The van der Waals surface area contributed by atoms with Gasteiger partial charge in [0, 0.05) is 19.3 Å². The van der Waals surface area contributed by atoms with Crippen LogP contribution in [0.15, 0.2) is 56.7 Å². The molecule has 2 aromatic rings. The Morgan fingerprint density at radius 3 is 2.47 bits per heavy atom. The van der Waals surface area contributed by atoms with Crippen LogP contribution in [0.1, 0.15) is 10.4 Å². The van der Waals surface area contributed by atoms with Crippen LogP contribution in [-0.4, -0.2) is 13.1 Å². The van der Waals surface area contributed by atoms with Gasteiger partial charge in [-0.25, -0.2) is 4.79 Å². The molecule has 0 atom stereocenters. The first kappa shape index (κ1) is 14.4. The predicted molar refractivity (Wildman–Crippen MR) is 81.1 cm³/mol. The van der Waals surface area contributed by atoms with Crippen LogP contribution < -0.4 is 0 Å². The molecule has 0 N–H and O–H groups in total. The van der Waals surface area contributed by atoms with E-state index >= 15 is 0 Å². The van der Waals surface area contributed by atoms with E-state index in [9.17, 15) is 4.79 Å². The van der Waals surface area contributed by atoms with Gasteiger partial charge in [0.15, 0.2) is 0 Å². The zero-order valence-corrected chi connectivity index (χ0v) is 13.2. The molecule has 0 saturated carbocycles. The summed E-state index contributed by atoms with van der Waals surface area (Å²) in [5.41, 5.74) is 0.453. The lowest BCUT2D eigenvalue weighted by molar-refractivity contribution is 0.0600. The second-order valence-corrected chi connectivity index (χ2v) is 6.22. The molecule has 0 aliphatic heterocycles. The number of esters is 1. The number of rotatable bonds is 3. The molecule has 0 fully saturated rings. The fourth-order valence-electron chi connectivity index (χ4n) is 1.50. The molecule has 0 bridgehead atoms. The summed E-state index contributed by atoms with van der Waals surface area (Å²) in [5, 5.41) is 0.516. The molecule has 0 heterocycles. The molecule has 0 spiro atoms. The molecule has 2 rings (SSSR count). The summed E-state index contributed by atoms with van der Waals surface area (Å²) in [7, 11) is 1.35. The molecule has 0 amide bonds. The molecule has 0 aromatic heterocycles. The summed E-state index contributed by atoms with van der Waals surface area (Å²) in [6, 6.07) is 13.1. The largest absolute Gasteiger partial charge is 0.465 e. The third kappa shape index (κ3) is 4.00. The Hall–Kier alpha value is -0.970. The van der Waals surface area contributed by atoms with Gasteiger partial charge >= 0.3 is 5.97 Å². The molecule has 0 aliphatic rings. The van der Waals surface area contributed by atoms with E-state index in [1.807, 2.05) is 30.3 Å². The zero-order chi connectivity index (χ0) is 13.8. The van der Waals surface area contributed by atoms with Crippen molar-refractivity contribution >= 4 is 45.3 Å². The lowest BCUT2D eigenvalue weighted by Gasteiger charge is -2.05. The van der Waals surface area contributed by atoms with Gasteiger partial charge in [-0.15, -0.1) is 0 Å². The molecule has 0 saturated heterocycles. The minimum atomic E-state index is -0.389. The maximum absolute atomic E-state index is 11.5. The van der Waals surface area contributed by atoms with Crippen molar-refractivity contribution in [3.05, 3.63) is 57.5 Å². The Labute approximate surface area is 129 Å². The Bertz CT molecular complexity index is 599. The molecule has 5 heteroatoms. The van der Waals surface area contributed by atoms with Crippen LogP contribution in [0.25, 0.3) is 0 Å². The van der Waals surface area contributed by atoms with Crippen LogP contribution in [0, 0.1) is 0 Å². The highest BCUT2D eigenvalue weighted by Crippen LogP contribution is 2.31. The number of benzene rings is 2. The second kappa shape index (κ2) is 6.46. The number of carbonyl (C=O) groups is 1. The van der Waals surface area contributed by atoms with Crippen molar-refractivity contribution in [1.82, 2.24) is 0 Å². The number of halogens is 2. The number of ether oxygens (including phenoxy) is 1. The smallest absolute Gasteiger partial charge is 0.337 e. The Kier molecular flexibility index (Phi) is 4.91. The summed E-state index contributed by atoms with van der Waals surface area (Å²) in [6.45, 7) is 0. The van der Waals surface area contributed by atoms with Gasteiger partial charge in [0.1, 0.15) is 0 Å². The SMILES string of the molecule is COC(=O)c1cc(Cl)cc(Sc2ccc(Br)cc2)c1. The zero-order valence-electron chi connectivity index (χ0n) is 10.0. The van der Waals surface area contributed by atoms with Gasteiger partial charge in [-0.05, 0) is 42.5 Å². The third-order valence-corrected chi connectivity index (χ3v) is 4.07. The maximum atomic E-state index is 11.5. The van der Waals surface area contributed by atoms with Gasteiger partial charge in [0.05, 0.1) is 12.7 Å². The minimum absolute atomic E-state index is 0.389. The third-order valence-electron chi connectivity index (χ3n) is 2.34. The average molecular weight is 358 g/mol. The van der Waals surface area contributed by atoms with Gasteiger partial charge in [-0.2, -0.15) is 0 Å². The molecular formula is C14H10BrClO2S. The maximum Gasteiger partial charge on any atom is 0.337 e. The van der Waals surface area contributed by atoms with Crippen molar-refractivity contribution in [3.8, 4) is 0 Å². The van der Waals surface area contributed by atoms with E-state index in [1.54, 1.807) is 12.1 Å². The average Bonchev–Trinajstić information content (AvgIpc) is 2.40. The van der Waals surface area contributed by atoms with E-state index in [4.69, 9.17) is 16.3 Å². The van der Waals surface area contributed by atoms with Gasteiger partial charge in [-0.1, -0.05) is 39.3 Å². The van der Waals surface area contributed by atoms with Gasteiger partial charge in [0.2, 0.25) is 0 Å². The molecule has 0 unspecified atom stereocenters. The van der Waals surface area contributed by atoms with Crippen molar-refractivity contribution in [2.24, 2.45) is 0 Å². The number of carbonyl (C=O) groups excluding carboxylic acids is 1. The van der Waals surface area contributed by atoms with Crippen molar-refractivity contribution < 1.29 is 9.53 Å². The van der Waals surface area contributed by atoms with Gasteiger partial charge in [-0.3, -0.25) is 0 Å². The molecular weight excluding hydrogens is 348 g/mol. The van der Waals surface area contributed by atoms with Crippen molar-refractivity contribution in [2.75, 3.05) is 7.11 Å². The van der Waals surface area contributed by atoms with Crippen LogP contribution in [0.4, 0.5) is 0 Å². The highest BCUT2D eigenvalue weighted by Gasteiger charge is 2.09. The van der Waals surface area contributed by atoms with Crippen LogP contribution in [-0.2, 0) is 4.74 Å². The van der Waals surface area contributed by atoms with Crippen molar-refractivity contribution in [2.45, 2.75) is 9.79 Å². The predicted octanol–water partition coefficient (Wildman–Crippen LogP) is 5.04. The van der Waals surface area contributed by atoms with E-state index in [1.165, 1.54) is 18.9 Å². The van der Waals surface area contributed by atoms with Crippen molar-refractivity contribution in [3.63, 3.8) is 0 Å². The molecule has 2 aromatic carbocycles. The Balaban J connectivity index is 2.27. The molecule has 19 heavy (non-hydrogen) atoms. The molecule has 0 radical (unpaired) electrons. The normalized spacial score (nSPS) is 10.3. The van der Waals surface area contributed by atoms with Crippen LogP contribution in [0.2, 0.25) is 5.02 Å². The van der Waals surface area contributed by atoms with E-state index in [2.05, 4.69) is 15.9 Å². The standard InChI is InChI=1S/C14H10BrClO2S/c1-18-14(17)9-6-11(16)8-13(7-9)19-12-4-2-10(15)3-5-12/h2-8H,1H3. The second-order valence-electron chi connectivity index (χ2n) is 3.72. The van der Waals surface area contributed by atoms with Crippen LogP contribution in [0.3, 0.4) is 0 Å². The van der Waals surface area contributed by atoms with Gasteiger partial charge in [0.25, 0.3) is 0 Å². The number of hydrogen-bond acceptors (Lipinski definition) is 3. The molecule has 0 aliphatic carbocycles. The Morgan fingerprint density at radius 1 is 1.16 bits per heavy atom. The van der Waals surface area contributed by atoms with Crippen molar-refractivity contribution in [1.29, 1.82) is 0 Å². The van der Waals surface area contributed by atoms with E-state index in [0.717, 1.165) is 14.3 Å². The Morgan fingerprint density at radius 2 is 1.84 bits per heavy atom. The monoisotopic (exact) mass is 356 g/mol. The fourth-order valence-corrected chi connectivity index (χ4v) is 2.98. The van der Waals surface area contributed by atoms with Crippen LogP contribution >= 0.6 is 39.3 Å². The first-order valence-corrected chi connectivity index (χ1v) is 7.39. The summed E-state index contributed by atoms with van der Waals surface area (Å²) in [5.74, 6) is -0.389. The molecule has 98 valence electrons. The van der Waals surface area contributed by atoms with E-state index in [0.29, 0.717) is 10.6 Å². The van der Waals surface area contributed by atoms with Gasteiger partial charge < -0.3 is 4.74 Å². The summed E-state index contributed by atoms with van der Waals surface area (Å²) < 4.78 is 5.73. The van der Waals surface area contributed by atoms with E-state index in [-0.39, 0.29) is 5.97 Å². The lowest BCUT2D eigenvalue weighted by atomic mass is 10.2. The summed E-state index contributed by atoms with van der Waals surface area (Å²) in [6.07, 6.45) is 0. The first-order valence-electron chi connectivity index (χ1n) is 5.41. The summed E-state index contributed by atoms with van der Waals surface area (Å²) >= 11 is 10.9. The molecule has 2 nitrogen and oxygen atoms in total. The van der Waals surface area contributed by atoms with Crippen LogP contribution in [0.5, 0.6) is 0 Å². The van der Waals surface area contributed by atoms with E-state index < -0.39 is 0 Å². The minimum Gasteiger partial charge on any atom is -0.465 e. The number of hydrogen-bond donors (Lipinski definition) is 0. The summed E-state index contributed by atoms with van der Waals surface area (Å²) in [4.78, 5) is 13.5. The first-order chi connectivity index (χ1) is 9.08. The lowest BCUT2D eigenvalue weighted by Crippen LogP contribution is -2.00. The topological polar surface area (TPSA) is 26.3 Å². The quantitative estimate of drug-likeness (QED) is 0.720. The highest BCUT2D eigenvalue weighted by molar-refractivity contribution is 9.10. The number of methoxy groups -OCH3 is 1.